The molecule has 1 atom stereocenters. The number of nitrogens with zero attached hydrogens (tertiary/aromatic N) is 3. The van der Waals surface area contributed by atoms with Gasteiger partial charge in [-0.25, -0.2) is 4.98 Å². The summed E-state index contributed by atoms with van der Waals surface area (Å²) in [6.07, 6.45) is 9.31. The SMILES string of the molecule is Cn1ccnc1C1CNCCN1C(=O)Cc1coc2cc3c(cc12)CCC3. The van der Waals surface area contributed by atoms with E-state index in [2.05, 4.69) is 22.4 Å². The van der Waals surface area contributed by atoms with Gasteiger partial charge < -0.3 is 19.2 Å². The molecule has 1 amide bonds. The highest BCUT2D eigenvalue weighted by Gasteiger charge is 2.31. The molecule has 1 fully saturated rings. The van der Waals surface area contributed by atoms with E-state index < -0.39 is 0 Å². The summed E-state index contributed by atoms with van der Waals surface area (Å²) >= 11 is 0. The van der Waals surface area contributed by atoms with Crippen LogP contribution in [-0.2, 0) is 31.1 Å². The molecule has 6 nitrogen and oxygen atoms in total. The second-order valence-corrected chi connectivity index (χ2v) is 7.61. The van der Waals surface area contributed by atoms with Gasteiger partial charge in [0.05, 0.1) is 12.7 Å². The van der Waals surface area contributed by atoms with Crippen LogP contribution in [0.2, 0.25) is 0 Å². The molecule has 1 N–H and O–H groups in total. The first-order valence-electron chi connectivity index (χ1n) is 9.70. The molecule has 27 heavy (non-hydrogen) atoms. The Bertz CT molecular complexity index is 1000. The van der Waals surface area contributed by atoms with Crippen LogP contribution in [0.3, 0.4) is 0 Å². The molecule has 140 valence electrons. The van der Waals surface area contributed by atoms with E-state index in [0.717, 1.165) is 48.3 Å². The lowest BCUT2D eigenvalue weighted by Crippen LogP contribution is -2.49. The van der Waals surface area contributed by atoms with Gasteiger partial charge in [-0.05, 0) is 42.5 Å². The Labute approximate surface area is 158 Å². The van der Waals surface area contributed by atoms with Gasteiger partial charge in [-0.3, -0.25) is 4.79 Å². The third-order valence-electron chi connectivity index (χ3n) is 5.93. The predicted molar refractivity (Wildman–Crippen MR) is 102 cm³/mol. The Morgan fingerprint density at radius 2 is 2.19 bits per heavy atom. The second kappa shape index (κ2) is 6.53. The molecular weight excluding hydrogens is 340 g/mol. The fraction of sp³-hybridized carbons (Fsp3) is 0.429. The van der Waals surface area contributed by atoms with E-state index in [4.69, 9.17) is 4.42 Å². The number of amides is 1. The monoisotopic (exact) mass is 364 g/mol. The van der Waals surface area contributed by atoms with Gasteiger partial charge in [0.15, 0.2) is 0 Å². The van der Waals surface area contributed by atoms with Crippen molar-refractivity contribution in [2.45, 2.75) is 31.7 Å². The van der Waals surface area contributed by atoms with Crippen LogP contribution < -0.4 is 5.32 Å². The Morgan fingerprint density at radius 1 is 1.33 bits per heavy atom. The summed E-state index contributed by atoms with van der Waals surface area (Å²) < 4.78 is 7.78. The Kier molecular flexibility index (Phi) is 4.01. The molecule has 2 aromatic heterocycles. The number of benzene rings is 1. The lowest BCUT2D eigenvalue weighted by molar-refractivity contribution is -0.134. The number of piperazine rings is 1. The minimum Gasteiger partial charge on any atom is -0.464 e. The van der Waals surface area contributed by atoms with E-state index in [-0.39, 0.29) is 11.9 Å². The molecule has 1 saturated heterocycles. The molecule has 5 rings (SSSR count). The normalized spacial score (nSPS) is 19.6. The first-order valence-corrected chi connectivity index (χ1v) is 9.70. The van der Waals surface area contributed by atoms with Gasteiger partial charge in [-0.2, -0.15) is 0 Å². The zero-order valence-electron chi connectivity index (χ0n) is 15.6. The molecule has 2 aliphatic rings. The van der Waals surface area contributed by atoms with E-state index in [1.807, 2.05) is 22.7 Å². The van der Waals surface area contributed by atoms with Crippen molar-refractivity contribution in [2.24, 2.45) is 7.05 Å². The lowest BCUT2D eigenvalue weighted by atomic mass is 10.0. The number of imidazole rings is 1. The summed E-state index contributed by atoms with van der Waals surface area (Å²) in [5.74, 6) is 1.05. The Morgan fingerprint density at radius 3 is 3.00 bits per heavy atom. The summed E-state index contributed by atoms with van der Waals surface area (Å²) in [5, 5.41) is 4.48. The predicted octanol–water partition coefficient (Wildman–Crippen LogP) is 2.37. The van der Waals surface area contributed by atoms with Gasteiger partial charge in [0.25, 0.3) is 0 Å². The number of hydrogen-bond acceptors (Lipinski definition) is 4. The number of fused-ring (bicyclic) bond motifs is 2. The molecule has 6 heteroatoms. The molecule has 3 aromatic rings. The van der Waals surface area contributed by atoms with Crippen LogP contribution in [0.5, 0.6) is 0 Å². The second-order valence-electron chi connectivity index (χ2n) is 7.61. The zero-order valence-corrected chi connectivity index (χ0v) is 15.6. The van der Waals surface area contributed by atoms with Gasteiger partial charge in [0.2, 0.25) is 5.91 Å². The molecular formula is C21H24N4O2. The summed E-state index contributed by atoms with van der Waals surface area (Å²) in [5.41, 5.74) is 4.69. The summed E-state index contributed by atoms with van der Waals surface area (Å²) in [6, 6.07) is 4.36. The fourth-order valence-corrected chi connectivity index (χ4v) is 4.48. The third kappa shape index (κ3) is 2.84. The van der Waals surface area contributed by atoms with Gasteiger partial charge in [0.1, 0.15) is 17.4 Å². The summed E-state index contributed by atoms with van der Waals surface area (Å²) in [6.45, 7) is 2.24. The fourth-order valence-electron chi connectivity index (χ4n) is 4.48. The first kappa shape index (κ1) is 16.6. The molecule has 3 heterocycles. The maximum atomic E-state index is 13.2. The standard InChI is InChI=1S/C21H24N4O2/c1-24-7-6-23-21(24)18-12-22-5-8-25(18)20(26)11-16-13-27-19-10-15-4-2-3-14(15)9-17(16)19/h6-7,9-10,13,18,22H,2-5,8,11-12H2,1H3. The number of carbonyl (C=O) groups is 1. The highest BCUT2D eigenvalue weighted by atomic mass is 16.3. The number of furan rings is 1. The topological polar surface area (TPSA) is 63.3 Å². The van der Waals surface area contributed by atoms with Crippen molar-refractivity contribution >= 4 is 16.9 Å². The van der Waals surface area contributed by atoms with Gasteiger partial charge in [-0.15, -0.1) is 0 Å². The number of rotatable bonds is 3. The first-order chi connectivity index (χ1) is 13.2. The van der Waals surface area contributed by atoms with Crippen LogP contribution in [0.4, 0.5) is 0 Å². The molecule has 1 aromatic carbocycles. The third-order valence-corrected chi connectivity index (χ3v) is 5.93. The van der Waals surface area contributed by atoms with E-state index in [1.54, 1.807) is 12.5 Å². The maximum Gasteiger partial charge on any atom is 0.227 e. The number of aromatic nitrogens is 2. The average molecular weight is 364 g/mol. The van der Waals surface area contributed by atoms with Gasteiger partial charge in [-0.1, -0.05) is 0 Å². The lowest BCUT2D eigenvalue weighted by Gasteiger charge is -2.35. The maximum absolute atomic E-state index is 13.2. The number of aryl methyl sites for hydroxylation is 3. The van der Waals surface area contributed by atoms with E-state index >= 15 is 0 Å². The number of carbonyl (C=O) groups excluding carboxylic acids is 1. The van der Waals surface area contributed by atoms with Crippen molar-refractivity contribution in [3.8, 4) is 0 Å². The highest BCUT2D eigenvalue weighted by Crippen LogP contribution is 2.31. The zero-order chi connectivity index (χ0) is 18.4. The van der Waals surface area contributed by atoms with Crippen molar-refractivity contribution in [3.63, 3.8) is 0 Å². The number of hydrogen-bond donors (Lipinski definition) is 1. The van der Waals surface area contributed by atoms with Crippen LogP contribution >= 0.6 is 0 Å². The minimum absolute atomic E-state index is 0.0336. The molecule has 0 saturated carbocycles. The van der Waals surface area contributed by atoms with Crippen molar-refractivity contribution in [2.75, 3.05) is 19.6 Å². The van der Waals surface area contributed by atoms with E-state index in [9.17, 15) is 4.79 Å². The van der Waals surface area contributed by atoms with Crippen LogP contribution in [0.15, 0.2) is 35.2 Å². The Balaban J connectivity index is 1.42. The molecule has 1 aliphatic heterocycles. The van der Waals surface area contributed by atoms with E-state index in [1.165, 1.54) is 17.5 Å². The van der Waals surface area contributed by atoms with Crippen LogP contribution in [0, 0.1) is 0 Å². The van der Waals surface area contributed by atoms with Crippen molar-refractivity contribution < 1.29 is 9.21 Å². The smallest absolute Gasteiger partial charge is 0.227 e. The highest BCUT2D eigenvalue weighted by molar-refractivity contribution is 5.89. The Hall–Kier alpha value is -2.60. The van der Waals surface area contributed by atoms with Gasteiger partial charge >= 0.3 is 0 Å². The minimum atomic E-state index is -0.0336. The number of nitrogens with one attached hydrogen (secondary N) is 1. The van der Waals surface area contributed by atoms with Crippen LogP contribution in [-0.4, -0.2) is 40.0 Å². The van der Waals surface area contributed by atoms with E-state index in [0.29, 0.717) is 13.0 Å². The van der Waals surface area contributed by atoms with Gasteiger partial charge in [0, 0.05) is 50.0 Å². The largest absolute Gasteiger partial charge is 0.464 e. The molecule has 0 bridgehead atoms. The molecule has 0 radical (unpaired) electrons. The van der Waals surface area contributed by atoms with Crippen LogP contribution in [0.1, 0.15) is 35.0 Å². The molecule has 0 spiro atoms. The molecule has 1 aliphatic carbocycles. The summed E-state index contributed by atoms with van der Waals surface area (Å²) in [4.78, 5) is 19.6. The van der Waals surface area contributed by atoms with Crippen molar-refractivity contribution in [1.29, 1.82) is 0 Å². The summed E-state index contributed by atoms with van der Waals surface area (Å²) in [7, 11) is 1.98. The van der Waals surface area contributed by atoms with Crippen molar-refractivity contribution in [1.82, 2.24) is 19.8 Å². The quantitative estimate of drug-likeness (QED) is 0.775. The van der Waals surface area contributed by atoms with Crippen LogP contribution in [0.25, 0.3) is 11.0 Å². The molecule has 1 unspecified atom stereocenters. The average Bonchev–Trinajstić information content (AvgIpc) is 3.40. The van der Waals surface area contributed by atoms with Crippen molar-refractivity contribution in [3.05, 3.63) is 53.3 Å².